The molecular formula is C15H32N2O. The van der Waals surface area contributed by atoms with E-state index < -0.39 is 0 Å². The maximum absolute atomic E-state index is 11.9. The Morgan fingerprint density at radius 3 is 1.56 bits per heavy atom. The first kappa shape index (κ1) is 17.6. The predicted octanol–water partition coefficient (Wildman–Crippen LogP) is 3.00. The first-order valence-electron chi connectivity index (χ1n) is 7.19. The monoisotopic (exact) mass is 256 g/mol. The average Bonchev–Trinajstić information content (AvgIpc) is 2.21. The van der Waals surface area contributed by atoms with Crippen LogP contribution in [0.3, 0.4) is 0 Å². The van der Waals surface area contributed by atoms with Crippen LogP contribution in [0.15, 0.2) is 0 Å². The summed E-state index contributed by atoms with van der Waals surface area (Å²) in [5.41, 5.74) is 0. The summed E-state index contributed by atoms with van der Waals surface area (Å²) in [7, 11) is 0. The van der Waals surface area contributed by atoms with Crippen LogP contribution in [-0.2, 0) is 4.79 Å². The number of rotatable bonds is 8. The third-order valence-electron chi connectivity index (χ3n) is 3.40. The smallest absolute Gasteiger partial charge is 0.149 e. The summed E-state index contributed by atoms with van der Waals surface area (Å²) in [6.07, 6.45) is 0. The maximum Gasteiger partial charge on any atom is 0.149 e. The zero-order valence-corrected chi connectivity index (χ0v) is 13.5. The molecule has 0 aromatic heterocycles. The number of ketones is 1. The fraction of sp³-hybridized carbons (Fsp3) is 0.933. The summed E-state index contributed by atoms with van der Waals surface area (Å²) in [5, 5.41) is 0. The highest BCUT2D eigenvalue weighted by Gasteiger charge is 2.21. The van der Waals surface area contributed by atoms with Gasteiger partial charge in [-0.3, -0.25) is 14.6 Å². The van der Waals surface area contributed by atoms with Gasteiger partial charge in [-0.25, -0.2) is 0 Å². The van der Waals surface area contributed by atoms with Crippen molar-refractivity contribution in [3.05, 3.63) is 0 Å². The fourth-order valence-electron chi connectivity index (χ4n) is 1.91. The normalized spacial score (nSPS) is 12.8. The summed E-state index contributed by atoms with van der Waals surface area (Å²) in [5.74, 6) is 0.453. The van der Waals surface area contributed by atoms with Crippen molar-refractivity contribution in [1.29, 1.82) is 0 Å². The Morgan fingerprint density at radius 1 is 0.833 bits per heavy atom. The van der Waals surface area contributed by atoms with Gasteiger partial charge in [-0.2, -0.15) is 0 Å². The van der Waals surface area contributed by atoms with E-state index in [-0.39, 0.29) is 5.92 Å². The third-order valence-corrected chi connectivity index (χ3v) is 3.40. The molecule has 0 aromatic rings. The molecule has 0 aliphatic carbocycles. The van der Waals surface area contributed by atoms with E-state index in [9.17, 15) is 4.79 Å². The van der Waals surface area contributed by atoms with Gasteiger partial charge in [0.25, 0.3) is 0 Å². The van der Waals surface area contributed by atoms with Gasteiger partial charge in [0.05, 0.1) is 13.2 Å². The van der Waals surface area contributed by atoms with Crippen molar-refractivity contribution in [3.8, 4) is 0 Å². The van der Waals surface area contributed by atoms with Crippen molar-refractivity contribution in [2.45, 2.75) is 73.5 Å². The summed E-state index contributed by atoms with van der Waals surface area (Å²) in [6.45, 7) is 18.5. The molecule has 0 heterocycles. The molecule has 0 saturated heterocycles. The lowest BCUT2D eigenvalue weighted by atomic mass is 10.1. The van der Waals surface area contributed by atoms with Crippen LogP contribution >= 0.6 is 0 Å². The molecule has 0 rings (SSSR count). The molecule has 0 aromatic carbocycles. The van der Waals surface area contributed by atoms with Crippen molar-refractivity contribution >= 4 is 5.78 Å². The zero-order valence-electron chi connectivity index (χ0n) is 13.5. The topological polar surface area (TPSA) is 23.6 Å². The Balaban J connectivity index is 4.65. The van der Waals surface area contributed by atoms with Crippen LogP contribution in [0.1, 0.15) is 55.4 Å². The quantitative estimate of drug-likeness (QED) is 0.624. The Labute approximate surface area is 114 Å². The number of hydrogen-bond acceptors (Lipinski definition) is 3. The molecule has 0 atom stereocenters. The second kappa shape index (κ2) is 7.90. The molecule has 18 heavy (non-hydrogen) atoms. The van der Waals surface area contributed by atoms with E-state index in [1.807, 2.05) is 13.8 Å². The molecule has 3 nitrogen and oxygen atoms in total. The molecular weight excluding hydrogens is 224 g/mol. The molecule has 0 amide bonds. The highest BCUT2D eigenvalue weighted by Crippen LogP contribution is 2.10. The first-order chi connectivity index (χ1) is 8.16. The fourth-order valence-corrected chi connectivity index (χ4v) is 1.91. The van der Waals surface area contributed by atoms with Crippen LogP contribution in [0.5, 0.6) is 0 Å². The van der Waals surface area contributed by atoms with Gasteiger partial charge in [0, 0.05) is 24.0 Å². The molecule has 0 aliphatic rings. The molecule has 0 saturated carbocycles. The van der Waals surface area contributed by atoms with Crippen molar-refractivity contribution < 1.29 is 4.79 Å². The van der Waals surface area contributed by atoms with Crippen LogP contribution in [0.2, 0.25) is 0 Å². The van der Waals surface area contributed by atoms with Gasteiger partial charge >= 0.3 is 0 Å². The van der Waals surface area contributed by atoms with Crippen molar-refractivity contribution in [1.82, 2.24) is 9.80 Å². The van der Waals surface area contributed by atoms with Crippen LogP contribution < -0.4 is 0 Å². The SMILES string of the molecule is CC(C)C(=O)CN(CN(C(C)C)C(C)C)C(C)C. The Hall–Kier alpha value is -0.410. The van der Waals surface area contributed by atoms with Gasteiger partial charge in [-0.1, -0.05) is 13.8 Å². The van der Waals surface area contributed by atoms with Gasteiger partial charge in [0.15, 0.2) is 0 Å². The second-order valence-electron chi connectivity index (χ2n) is 6.30. The molecule has 0 aliphatic heterocycles. The summed E-state index contributed by atoms with van der Waals surface area (Å²) < 4.78 is 0. The molecule has 0 spiro atoms. The van der Waals surface area contributed by atoms with Crippen molar-refractivity contribution in [2.24, 2.45) is 5.92 Å². The molecule has 0 fully saturated rings. The summed E-state index contributed by atoms with van der Waals surface area (Å²) in [6, 6.07) is 1.40. The van der Waals surface area contributed by atoms with E-state index in [4.69, 9.17) is 0 Å². The second-order valence-corrected chi connectivity index (χ2v) is 6.30. The lowest BCUT2D eigenvalue weighted by Crippen LogP contribution is -2.49. The molecule has 108 valence electrons. The van der Waals surface area contributed by atoms with Gasteiger partial charge in [0.1, 0.15) is 5.78 Å². The Morgan fingerprint density at radius 2 is 1.28 bits per heavy atom. The minimum absolute atomic E-state index is 0.123. The lowest BCUT2D eigenvalue weighted by Gasteiger charge is -2.37. The van der Waals surface area contributed by atoms with Crippen LogP contribution in [-0.4, -0.2) is 46.9 Å². The Bertz CT molecular complexity index is 239. The zero-order chi connectivity index (χ0) is 14.5. The van der Waals surface area contributed by atoms with Gasteiger partial charge in [-0.15, -0.1) is 0 Å². The van der Waals surface area contributed by atoms with Crippen molar-refractivity contribution in [2.75, 3.05) is 13.2 Å². The van der Waals surface area contributed by atoms with Crippen LogP contribution in [0.25, 0.3) is 0 Å². The molecule has 0 radical (unpaired) electrons. The summed E-state index contributed by atoms with van der Waals surface area (Å²) >= 11 is 0. The highest BCUT2D eigenvalue weighted by molar-refractivity contribution is 5.82. The van der Waals surface area contributed by atoms with E-state index in [0.717, 1.165) is 6.67 Å². The van der Waals surface area contributed by atoms with Gasteiger partial charge < -0.3 is 0 Å². The van der Waals surface area contributed by atoms with E-state index in [0.29, 0.717) is 30.5 Å². The van der Waals surface area contributed by atoms with E-state index >= 15 is 0 Å². The lowest BCUT2D eigenvalue weighted by molar-refractivity contribution is -0.124. The van der Waals surface area contributed by atoms with Crippen LogP contribution in [0.4, 0.5) is 0 Å². The predicted molar refractivity (Wildman–Crippen MR) is 78.7 cm³/mol. The number of Topliss-reactive ketones (excluding diaryl/α,β-unsaturated/α-hetero) is 1. The minimum atomic E-state index is 0.123. The summed E-state index contributed by atoms with van der Waals surface area (Å²) in [4.78, 5) is 16.6. The number of nitrogens with zero attached hydrogens (tertiary/aromatic N) is 2. The highest BCUT2D eigenvalue weighted by atomic mass is 16.1. The number of carbonyl (C=O) groups is 1. The van der Waals surface area contributed by atoms with Gasteiger partial charge in [-0.05, 0) is 41.5 Å². The first-order valence-corrected chi connectivity index (χ1v) is 7.19. The molecule has 0 bridgehead atoms. The largest absolute Gasteiger partial charge is 0.298 e. The van der Waals surface area contributed by atoms with E-state index in [1.54, 1.807) is 0 Å². The Kier molecular flexibility index (Phi) is 7.72. The number of carbonyl (C=O) groups excluding carboxylic acids is 1. The molecule has 0 unspecified atom stereocenters. The number of hydrogen-bond donors (Lipinski definition) is 0. The third kappa shape index (κ3) is 5.96. The standard InChI is InChI=1S/C15H32N2O/c1-11(2)15(18)9-16(12(3)4)10-17(13(5)6)14(7)8/h11-14H,9-10H2,1-8H3. The van der Waals surface area contributed by atoms with Crippen molar-refractivity contribution in [3.63, 3.8) is 0 Å². The van der Waals surface area contributed by atoms with E-state index in [2.05, 4.69) is 51.3 Å². The maximum atomic E-state index is 11.9. The van der Waals surface area contributed by atoms with E-state index in [1.165, 1.54) is 0 Å². The average molecular weight is 256 g/mol. The molecule has 0 N–H and O–H groups in total. The van der Waals surface area contributed by atoms with Crippen LogP contribution in [0, 0.1) is 5.92 Å². The van der Waals surface area contributed by atoms with Gasteiger partial charge in [0.2, 0.25) is 0 Å². The minimum Gasteiger partial charge on any atom is -0.298 e. The molecule has 3 heteroatoms.